The molecular weight excluding hydrogens is 376 g/mol. The molecule has 4 heteroatoms. The van der Waals surface area contributed by atoms with Crippen molar-refractivity contribution in [2.24, 2.45) is 0 Å². The third kappa shape index (κ3) is 5.11. The van der Waals surface area contributed by atoms with E-state index in [0.29, 0.717) is 47.0 Å². The lowest BCUT2D eigenvalue weighted by atomic mass is 9.97. The lowest BCUT2D eigenvalue weighted by Gasteiger charge is -2.07. The van der Waals surface area contributed by atoms with Gasteiger partial charge in [-0.25, -0.2) is 0 Å². The highest BCUT2D eigenvalue weighted by Crippen LogP contribution is 2.19. The Hall–Kier alpha value is -3.92. The molecule has 0 spiro atoms. The average Bonchev–Trinajstić information content (AvgIpc) is 2.81. The number of carbonyl (C=O) groups excluding carboxylic acids is 2. The highest BCUT2D eigenvalue weighted by Gasteiger charge is 2.14. The van der Waals surface area contributed by atoms with Crippen molar-refractivity contribution in [3.63, 3.8) is 0 Å². The monoisotopic (exact) mass is 398 g/mol. The molecule has 0 bridgehead atoms. The average molecular weight is 398 g/mol. The van der Waals surface area contributed by atoms with Gasteiger partial charge in [0.25, 0.3) is 0 Å². The van der Waals surface area contributed by atoms with Crippen LogP contribution in [-0.4, -0.2) is 24.8 Å². The SMILES string of the molecule is C=CCOc1ccc(C(=O)c2cccc(C(=O)c3ccc(OCC=C)cc3)c2)cc1. The van der Waals surface area contributed by atoms with Crippen LogP contribution in [0, 0.1) is 0 Å². The molecule has 0 aliphatic carbocycles. The number of carbonyl (C=O) groups is 2. The van der Waals surface area contributed by atoms with Gasteiger partial charge in [0.05, 0.1) is 0 Å². The Balaban J connectivity index is 1.76. The summed E-state index contributed by atoms with van der Waals surface area (Å²) in [6.07, 6.45) is 3.31. The van der Waals surface area contributed by atoms with Gasteiger partial charge in [-0.1, -0.05) is 43.5 Å². The molecule has 0 saturated carbocycles. The minimum Gasteiger partial charge on any atom is -0.490 e. The predicted molar refractivity (Wildman–Crippen MR) is 118 cm³/mol. The molecule has 0 saturated heterocycles. The van der Waals surface area contributed by atoms with Crippen LogP contribution >= 0.6 is 0 Å². The van der Waals surface area contributed by atoms with E-state index >= 15 is 0 Å². The van der Waals surface area contributed by atoms with Crippen molar-refractivity contribution in [3.8, 4) is 11.5 Å². The lowest BCUT2D eigenvalue weighted by molar-refractivity contribution is 0.103. The molecule has 30 heavy (non-hydrogen) atoms. The number of ketones is 2. The third-order valence-electron chi connectivity index (χ3n) is 4.36. The number of hydrogen-bond acceptors (Lipinski definition) is 4. The summed E-state index contributed by atoms with van der Waals surface area (Å²) in [5.74, 6) is 1.01. The summed E-state index contributed by atoms with van der Waals surface area (Å²) in [7, 11) is 0. The first-order chi connectivity index (χ1) is 14.6. The molecule has 3 rings (SSSR count). The Morgan fingerprint density at radius 2 is 1.03 bits per heavy atom. The van der Waals surface area contributed by atoms with Gasteiger partial charge in [0, 0.05) is 22.3 Å². The van der Waals surface area contributed by atoms with Crippen LogP contribution in [-0.2, 0) is 0 Å². The molecular formula is C26H22O4. The maximum atomic E-state index is 12.8. The van der Waals surface area contributed by atoms with Crippen molar-refractivity contribution in [3.05, 3.63) is 120 Å². The van der Waals surface area contributed by atoms with E-state index in [9.17, 15) is 9.59 Å². The number of rotatable bonds is 10. The second kappa shape index (κ2) is 10.0. The zero-order valence-electron chi connectivity index (χ0n) is 16.5. The van der Waals surface area contributed by atoms with Crippen LogP contribution < -0.4 is 9.47 Å². The molecule has 4 nitrogen and oxygen atoms in total. The van der Waals surface area contributed by atoms with Gasteiger partial charge in [0.1, 0.15) is 24.7 Å². The predicted octanol–water partition coefficient (Wildman–Crippen LogP) is 5.28. The fraction of sp³-hybridized carbons (Fsp3) is 0.0769. The summed E-state index contributed by atoms with van der Waals surface area (Å²) in [6, 6.07) is 20.5. The summed E-state index contributed by atoms with van der Waals surface area (Å²) in [5, 5.41) is 0. The fourth-order valence-corrected chi connectivity index (χ4v) is 2.85. The van der Waals surface area contributed by atoms with Crippen LogP contribution in [0.5, 0.6) is 11.5 Å². The van der Waals surface area contributed by atoms with E-state index in [4.69, 9.17) is 9.47 Å². The summed E-state index contributed by atoms with van der Waals surface area (Å²) in [4.78, 5) is 25.7. The summed E-state index contributed by atoms with van der Waals surface area (Å²) in [6.45, 7) is 8.01. The normalized spacial score (nSPS) is 10.1. The molecule has 0 aromatic heterocycles. The molecule has 3 aromatic carbocycles. The van der Waals surface area contributed by atoms with Gasteiger partial charge in [-0.2, -0.15) is 0 Å². The van der Waals surface area contributed by atoms with Crippen LogP contribution in [0.1, 0.15) is 31.8 Å². The van der Waals surface area contributed by atoms with Crippen molar-refractivity contribution >= 4 is 11.6 Å². The summed E-state index contributed by atoms with van der Waals surface area (Å²) >= 11 is 0. The molecule has 0 fully saturated rings. The van der Waals surface area contributed by atoms with E-state index in [1.807, 2.05) is 0 Å². The van der Waals surface area contributed by atoms with Crippen LogP contribution in [0.15, 0.2) is 98.1 Å². The van der Waals surface area contributed by atoms with E-state index in [1.165, 1.54) is 0 Å². The molecule has 0 unspecified atom stereocenters. The Morgan fingerprint density at radius 3 is 1.40 bits per heavy atom. The summed E-state index contributed by atoms with van der Waals surface area (Å²) in [5.41, 5.74) is 1.95. The highest BCUT2D eigenvalue weighted by molar-refractivity contribution is 6.13. The Labute approximate surface area is 176 Å². The lowest BCUT2D eigenvalue weighted by Crippen LogP contribution is -2.06. The molecule has 0 heterocycles. The molecule has 0 amide bonds. The van der Waals surface area contributed by atoms with Gasteiger partial charge in [-0.05, 0) is 54.6 Å². The van der Waals surface area contributed by atoms with E-state index in [1.54, 1.807) is 84.9 Å². The zero-order valence-corrected chi connectivity index (χ0v) is 16.5. The van der Waals surface area contributed by atoms with Crippen LogP contribution in [0.25, 0.3) is 0 Å². The van der Waals surface area contributed by atoms with Gasteiger partial charge >= 0.3 is 0 Å². The molecule has 0 N–H and O–H groups in total. The van der Waals surface area contributed by atoms with Crippen molar-refractivity contribution in [2.75, 3.05) is 13.2 Å². The number of benzene rings is 3. The molecule has 0 radical (unpaired) electrons. The molecule has 0 aliphatic heterocycles. The van der Waals surface area contributed by atoms with Gasteiger partial charge in [0.15, 0.2) is 11.6 Å². The highest BCUT2D eigenvalue weighted by atomic mass is 16.5. The Kier molecular flexibility index (Phi) is 6.95. The van der Waals surface area contributed by atoms with Crippen LogP contribution in [0.2, 0.25) is 0 Å². The minimum atomic E-state index is -0.159. The van der Waals surface area contributed by atoms with Crippen LogP contribution in [0.4, 0.5) is 0 Å². The minimum absolute atomic E-state index is 0.159. The van der Waals surface area contributed by atoms with Gasteiger partial charge in [0.2, 0.25) is 0 Å². The molecule has 0 atom stereocenters. The second-order valence-corrected chi connectivity index (χ2v) is 6.49. The van der Waals surface area contributed by atoms with Gasteiger partial charge < -0.3 is 9.47 Å². The largest absolute Gasteiger partial charge is 0.490 e. The van der Waals surface area contributed by atoms with Gasteiger partial charge in [-0.15, -0.1) is 0 Å². The molecule has 150 valence electrons. The van der Waals surface area contributed by atoms with E-state index in [-0.39, 0.29) is 11.6 Å². The topological polar surface area (TPSA) is 52.6 Å². The molecule has 0 aliphatic rings. The van der Waals surface area contributed by atoms with Crippen molar-refractivity contribution in [1.82, 2.24) is 0 Å². The first-order valence-electron chi connectivity index (χ1n) is 9.49. The molecule has 3 aromatic rings. The van der Waals surface area contributed by atoms with Crippen molar-refractivity contribution in [1.29, 1.82) is 0 Å². The van der Waals surface area contributed by atoms with Gasteiger partial charge in [-0.3, -0.25) is 9.59 Å². The van der Waals surface area contributed by atoms with E-state index in [0.717, 1.165) is 0 Å². The van der Waals surface area contributed by atoms with E-state index < -0.39 is 0 Å². The maximum Gasteiger partial charge on any atom is 0.193 e. The van der Waals surface area contributed by atoms with E-state index in [2.05, 4.69) is 13.2 Å². The Morgan fingerprint density at radius 1 is 0.633 bits per heavy atom. The smallest absolute Gasteiger partial charge is 0.193 e. The third-order valence-corrected chi connectivity index (χ3v) is 4.36. The number of ether oxygens (including phenoxy) is 2. The standard InChI is InChI=1S/C26H22O4/c1-3-16-29-23-12-8-19(9-13-23)25(27)21-6-5-7-22(18-21)26(28)20-10-14-24(15-11-20)30-17-4-2/h3-15,18H,1-2,16-17H2. The Bertz CT molecular complexity index is 964. The van der Waals surface area contributed by atoms with Crippen LogP contribution in [0.3, 0.4) is 0 Å². The van der Waals surface area contributed by atoms with Crippen molar-refractivity contribution < 1.29 is 19.1 Å². The first-order valence-corrected chi connectivity index (χ1v) is 9.49. The second-order valence-electron chi connectivity index (χ2n) is 6.49. The van der Waals surface area contributed by atoms with Crippen molar-refractivity contribution in [2.45, 2.75) is 0 Å². The quantitative estimate of drug-likeness (QED) is 0.344. The number of hydrogen-bond donors (Lipinski definition) is 0. The fourth-order valence-electron chi connectivity index (χ4n) is 2.85. The summed E-state index contributed by atoms with van der Waals surface area (Å²) < 4.78 is 10.9. The first kappa shape index (κ1) is 20.8. The maximum absolute atomic E-state index is 12.8. The zero-order chi connectivity index (χ0) is 21.3.